The lowest BCUT2D eigenvalue weighted by Crippen LogP contribution is -2.49. The number of rotatable bonds is 4. The lowest BCUT2D eigenvalue weighted by Gasteiger charge is -2.34. The molecule has 1 N–H and O–H groups in total. The summed E-state index contributed by atoms with van der Waals surface area (Å²) in [6, 6.07) is 9.08. The van der Waals surface area contributed by atoms with Crippen LogP contribution in [0.1, 0.15) is 24.2 Å². The number of piperidine rings is 1. The van der Waals surface area contributed by atoms with E-state index in [9.17, 15) is 9.59 Å². The van der Waals surface area contributed by atoms with Gasteiger partial charge in [-0.2, -0.15) is 5.10 Å². The van der Waals surface area contributed by atoms with Crippen LogP contribution < -0.4 is 15.8 Å². The average molecular weight is 341 g/mol. The van der Waals surface area contributed by atoms with E-state index in [0.717, 1.165) is 37.4 Å². The van der Waals surface area contributed by atoms with Crippen molar-refractivity contribution in [2.75, 3.05) is 18.0 Å². The van der Waals surface area contributed by atoms with E-state index < -0.39 is 0 Å². The first kappa shape index (κ1) is 17.1. The Labute approximate surface area is 146 Å². The van der Waals surface area contributed by atoms with Crippen molar-refractivity contribution in [3.8, 4) is 0 Å². The van der Waals surface area contributed by atoms with Crippen LogP contribution in [0.15, 0.2) is 35.1 Å². The van der Waals surface area contributed by atoms with Crippen LogP contribution in [0, 0.1) is 13.8 Å². The van der Waals surface area contributed by atoms with E-state index >= 15 is 0 Å². The third-order valence-electron chi connectivity index (χ3n) is 4.28. The fourth-order valence-corrected chi connectivity index (χ4v) is 3.08. The second kappa shape index (κ2) is 7.46. The Morgan fingerprint density at radius 2 is 2.08 bits per heavy atom. The molecule has 1 atom stereocenters. The van der Waals surface area contributed by atoms with Gasteiger partial charge in [0.1, 0.15) is 12.4 Å². The smallest absolute Gasteiger partial charge is 0.267 e. The monoisotopic (exact) mass is 341 g/mol. The summed E-state index contributed by atoms with van der Waals surface area (Å²) in [5.41, 5.74) is 1.42. The van der Waals surface area contributed by atoms with E-state index in [2.05, 4.69) is 20.3 Å². The quantitative estimate of drug-likeness (QED) is 0.899. The van der Waals surface area contributed by atoms with Gasteiger partial charge in [0.15, 0.2) is 0 Å². The molecule has 7 nitrogen and oxygen atoms in total. The van der Waals surface area contributed by atoms with Gasteiger partial charge < -0.3 is 10.2 Å². The van der Waals surface area contributed by atoms with Gasteiger partial charge in [-0.1, -0.05) is 6.07 Å². The molecule has 1 aliphatic heterocycles. The van der Waals surface area contributed by atoms with Crippen molar-refractivity contribution in [3.05, 3.63) is 52.1 Å². The first-order chi connectivity index (χ1) is 12.0. The van der Waals surface area contributed by atoms with Gasteiger partial charge in [0.05, 0.1) is 5.69 Å². The largest absolute Gasteiger partial charge is 0.355 e. The summed E-state index contributed by atoms with van der Waals surface area (Å²) in [6.45, 7) is 5.36. The Morgan fingerprint density at radius 3 is 2.88 bits per heavy atom. The van der Waals surface area contributed by atoms with E-state index in [1.54, 1.807) is 13.0 Å². The molecule has 0 spiro atoms. The maximum absolute atomic E-state index is 12.3. The summed E-state index contributed by atoms with van der Waals surface area (Å²) in [7, 11) is 0. The molecule has 0 aliphatic carbocycles. The zero-order chi connectivity index (χ0) is 17.8. The fourth-order valence-electron chi connectivity index (χ4n) is 3.08. The maximum atomic E-state index is 12.3. The number of nitrogens with one attached hydrogen (secondary N) is 1. The molecule has 1 fully saturated rings. The summed E-state index contributed by atoms with van der Waals surface area (Å²) in [5.74, 6) is 0.750. The molecule has 7 heteroatoms. The van der Waals surface area contributed by atoms with Crippen LogP contribution in [0.3, 0.4) is 0 Å². The molecular weight excluding hydrogens is 318 g/mol. The topological polar surface area (TPSA) is 80.1 Å². The molecule has 1 saturated heterocycles. The lowest BCUT2D eigenvalue weighted by atomic mass is 10.1. The molecule has 3 heterocycles. The highest BCUT2D eigenvalue weighted by molar-refractivity contribution is 5.76. The molecule has 2 aromatic rings. The summed E-state index contributed by atoms with van der Waals surface area (Å²) in [5, 5.41) is 7.12. The van der Waals surface area contributed by atoms with Crippen molar-refractivity contribution < 1.29 is 4.79 Å². The number of pyridine rings is 1. The maximum Gasteiger partial charge on any atom is 0.267 e. The van der Waals surface area contributed by atoms with Crippen LogP contribution in [0.4, 0.5) is 5.82 Å². The molecule has 0 radical (unpaired) electrons. The molecule has 0 bridgehead atoms. The number of aromatic nitrogens is 3. The molecular formula is C18H23N5O2. The van der Waals surface area contributed by atoms with Gasteiger partial charge in [-0.25, -0.2) is 9.67 Å². The number of hydrogen-bond donors (Lipinski definition) is 1. The summed E-state index contributed by atoms with van der Waals surface area (Å²) >= 11 is 0. The lowest BCUT2D eigenvalue weighted by molar-refractivity contribution is -0.122. The highest BCUT2D eigenvalue weighted by Gasteiger charge is 2.22. The van der Waals surface area contributed by atoms with E-state index in [-0.39, 0.29) is 24.1 Å². The zero-order valence-electron chi connectivity index (χ0n) is 14.6. The van der Waals surface area contributed by atoms with Crippen LogP contribution in [0.25, 0.3) is 0 Å². The molecule has 1 amide bonds. The predicted octanol–water partition coefficient (Wildman–Crippen LogP) is 1.04. The van der Waals surface area contributed by atoms with Gasteiger partial charge in [0.2, 0.25) is 5.91 Å². The van der Waals surface area contributed by atoms with E-state index in [1.807, 2.05) is 25.1 Å². The SMILES string of the molecule is Cc1cccc(N2CCCC(NC(=O)Cn3nc(C)ccc3=O)C2)n1. The van der Waals surface area contributed by atoms with E-state index in [1.165, 1.54) is 10.7 Å². The second-order valence-electron chi connectivity index (χ2n) is 6.46. The number of aryl methyl sites for hydroxylation is 2. The predicted molar refractivity (Wildman–Crippen MR) is 95.6 cm³/mol. The molecule has 1 unspecified atom stereocenters. The normalized spacial score (nSPS) is 17.4. The van der Waals surface area contributed by atoms with Crippen molar-refractivity contribution in [2.24, 2.45) is 0 Å². The first-order valence-corrected chi connectivity index (χ1v) is 8.54. The first-order valence-electron chi connectivity index (χ1n) is 8.54. The Morgan fingerprint density at radius 1 is 1.24 bits per heavy atom. The number of anilines is 1. The summed E-state index contributed by atoms with van der Waals surface area (Å²) in [6.07, 6.45) is 1.91. The average Bonchev–Trinajstić information content (AvgIpc) is 2.58. The van der Waals surface area contributed by atoms with Gasteiger partial charge in [0.25, 0.3) is 5.56 Å². The Bertz CT molecular complexity index is 817. The number of carbonyl (C=O) groups is 1. The number of carbonyl (C=O) groups excluding carboxylic acids is 1. The number of hydrogen-bond acceptors (Lipinski definition) is 5. The molecule has 2 aromatic heterocycles. The third-order valence-corrected chi connectivity index (χ3v) is 4.28. The van der Waals surface area contributed by atoms with Crippen LogP contribution >= 0.6 is 0 Å². The Hall–Kier alpha value is -2.70. The standard InChI is InChI=1S/C18H23N5O2/c1-13-5-3-7-16(19-13)22-10-4-6-15(11-22)20-17(24)12-23-18(25)9-8-14(2)21-23/h3,5,7-9,15H,4,6,10-12H2,1-2H3,(H,20,24). The highest BCUT2D eigenvalue weighted by atomic mass is 16.2. The minimum Gasteiger partial charge on any atom is -0.355 e. The third kappa shape index (κ3) is 4.43. The summed E-state index contributed by atoms with van der Waals surface area (Å²) < 4.78 is 1.20. The van der Waals surface area contributed by atoms with E-state index in [0.29, 0.717) is 5.69 Å². The van der Waals surface area contributed by atoms with Crippen molar-refractivity contribution in [1.82, 2.24) is 20.1 Å². The summed E-state index contributed by atoms with van der Waals surface area (Å²) in [4.78, 5) is 30.8. The Kier molecular flexibility index (Phi) is 5.11. The minimum absolute atomic E-state index is 0.0454. The zero-order valence-corrected chi connectivity index (χ0v) is 14.6. The highest BCUT2D eigenvalue weighted by Crippen LogP contribution is 2.18. The van der Waals surface area contributed by atoms with Crippen LogP contribution in [-0.4, -0.2) is 39.8 Å². The molecule has 1 aliphatic rings. The van der Waals surface area contributed by atoms with Crippen LogP contribution in [0.2, 0.25) is 0 Å². The fraction of sp³-hybridized carbons (Fsp3) is 0.444. The second-order valence-corrected chi connectivity index (χ2v) is 6.46. The molecule has 0 aromatic carbocycles. The van der Waals surface area contributed by atoms with Gasteiger partial charge >= 0.3 is 0 Å². The number of nitrogens with zero attached hydrogens (tertiary/aromatic N) is 4. The molecule has 0 saturated carbocycles. The van der Waals surface area contributed by atoms with Gasteiger partial charge in [0, 0.05) is 30.9 Å². The van der Waals surface area contributed by atoms with Crippen LogP contribution in [0.5, 0.6) is 0 Å². The Balaban J connectivity index is 1.61. The van der Waals surface area contributed by atoms with E-state index in [4.69, 9.17) is 0 Å². The van der Waals surface area contributed by atoms with Crippen molar-refractivity contribution in [3.63, 3.8) is 0 Å². The van der Waals surface area contributed by atoms with Crippen molar-refractivity contribution in [2.45, 2.75) is 39.3 Å². The number of amides is 1. The van der Waals surface area contributed by atoms with Crippen molar-refractivity contribution >= 4 is 11.7 Å². The van der Waals surface area contributed by atoms with Crippen molar-refractivity contribution in [1.29, 1.82) is 0 Å². The minimum atomic E-state index is -0.269. The van der Waals surface area contributed by atoms with Gasteiger partial charge in [-0.3, -0.25) is 9.59 Å². The van der Waals surface area contributed by atoms with Crippen LogP contribution in [-0.2, 0) is 11.3 Å². The molecule has 132 valence electrons. The molecule has 25 heavy (non-hydrogen) atoms. The molecule has 3 rings (SSSR count). The van der Waals surface area contributed by atoms with Gasteiger partial charge in [-0.15, -0.1) is 0 Å². The van der Waals surface area contributed by atoms with Gasteiger partial charge in [-0.05, 0) is 44.9 Å².